The van der Waals surface area contributed by atoms with Crippen LogP contribution in [0.25, 0.3) is 0 Å². The highest BCUT2D eigenvalue weighted by atomic mass is 16.5. The zero-order valence-electron chi connectivity index (χ0n) is 9.83. The minimum Gasteiger partial charge on any atom is -0.497 e. The van der Waals surface area contributed by atoms with Crippen LogP contribution in [0, 0.1) is 0 Å². The predicted molar refractivity (Wildman–Crippen MR) is 66.9 cm³/mol. The van der Waals surface area contributed by atoms with Crippen LogP contribution in [0.2, 0.25) is 0 Å². The Balaban J connectivity index is 2.12. The van der Waals surface area contributed by atoms with Gasteiger partial charge in [-0.3, -0.25) is 0 Å². The van der Waals surface area contributed by atoms with Crippen molar-refractivity contribution in [2.75, 3.05) is 19.0 Å². The summed E-state index contributed by atoms with van der Waals surface area (Å²) in [5.41, 5.74) is 7.10. The topological polar surface area (TPSA) is 47.3 Å². The van der Waals surface area contributed by atoms with Crippen molar-refractivity contribution in [2.45, 2.75) is 31.2 Å². The van der Waals surface area contributed by atoms with Crippen LogP contribution in [0.15, 0.2) is 24.3 Å². The Morgan fingerprint density at radius 3 is 2.75 bits per heavy atom. The molecule has 3 nitrogen and oxygen atoms in total. The average Bonchev–Trinajstić information content (AvgIpc) is 2.78. The number of benzene rings is 1. The third kappa shape index (κ3) is 2.30. The number of rotatable bonds is 4. The number of methoxy groups -OCH3 is 1. The first kappa shape index (κ1) is 11.3. The Morgan fingerprint density at radius 1 is 1.38 bits per heavy atom. The zero-order valence-corrected chi connectivity index (χ0v) is 9.83. The second-order valence-corrected chi connectivity index (χ2v) is 4.55. The fourth-order valence-corrected chi connectivity index (χ4v) is 2.44. The fourth-order valence-electron chi connectivity index (χ4n) is 2.44. The van der Waals surface area contributed by atoms with E-state index in [0.29, 0.717) is 6.54 Å². The number of hydrogen-bond donors (Lipinski definition) is 2. The Hall–Kier alpha value is -1.22. The predicted octanol–water partition coefficient (Wildman–Crippen LogP) is 2.38. The molecule has 0 aromatic heterocycles. The van der Waals surface area contributed by atoms with Crippen molar-refractivity contribution in [2.24, 2.45) is 5.73 Å². The first-order chi connectivity index (χ1) is 7.78. The van der Waals surface area contributed by atoms with Crippen molar-refractivity contribution in [3.8, 4) is 5.75 Å². The van der Waals surface area contributed by atoms with Gasteiger partial charge in [0.05, 0.1) is 7.11 Å². The molecule has 0 bridgehead atoms. The van der Waals surface area contributed by atoms with Gasteiger partial charge in [-0.2, -0.15) is 0 Å². The van der Waals surface area contributed by atoms with E-state index < -0.39 is 0 Å². The molecule has 0 unspecified atom stereocenters. The summed E-state index contributed by atoms with van der Waals surface area (Å²) in [4.78, 5) is 0. The van der Waals surface area contributed by atoms with Crippen molar-refractivity contribution in [3.63, 3.8) is 0 Å². The van der Waals surface area contributed by atoms with Crippen LogP contribution in [-0.4, -0.2) is 19.2 Å². The third-order valence-electron chi connectivity index (χ3n) is 3.43. The molecule has 0 saturated heterocycles. The first-order valence-electron chi connectivity index (χ1n) is 5.90. The quantitative estimate of drug-likeness (QED) is 0.819. The second kappa shape index (κ2) is 4.74. The van der Waals surface area contributed by atoms with E-state index >= 15 is 0 Å². The van der Waals surface area contributed by atoms with Gasteiger partial charge in [-0.05, 0) is 25.0 Å². The summed E-state index contributed by atoms with van der Waals surface area (Å²) in [6.45, 7) is 0.699. The van der Waals surface area contributed by atoms with Crippen LogP contribution in [0.4, 0.5) is 5.69 Å². The molecule has 0 spiro atoms. The fraction of sp³-hybridized carbons (Fsp3) is 0.538. The summed E-state index contributed by atoms with van der Waals surface area (Å²) in [5.74, 6) is 0.884. The van der Waals surface area contributed by atoms with Crippen molar-refractivity contribution in [1.82, 2.24) is 0 Å². The standard InChI is InChI=1S/C13H20N2O/c1-16-12-6-4-5-11(9-12)15-13(10-14)7-2-3-8-13/h4-6,9,15H,2-3,7-8,10,14H2,1H3. The second-order valence-electron chi connectivity index (χ2n) is 4.55. The van der Waals surface area contributed by atoms with Crippen LogP contribution in [0.1, 0.15) is 25.7 Å². The molecule has 88 valence electrons. The number of anilines is 1. The highest BCUT2D eigenvalue weighted by Gasteiger charge is 2.32. The van der Waals surface area contributed by atoms with Gasteiger partial charge in [0.2, 0.25) is 0 Å². The summed E-state index contributed by atoms with van der Waals surface area (Å²) in [5, 5.41) is 3.57. The van der Waals surface area contributed by atoms with Crippen molar-refractivity contribution < 1.29 is 4.74 Å². The van der Waals surface area contributed by atoms with Gasteiger partial charge in [0.25, 0.3) is 0 Å². The Bertz CT molecular complexity index is 346. The van der Waals surface area contributed by atoms with Gasteiger partial charge in [0.15, 0.2) is 0 Å². The van der Waals surface area contributed by atoms with E-state index in [1.165, 1.54) is 25.7 Å². The van der Waals surface area contributed by atoms with Crippen LogP contribution < -0.4 is 15.8 Å². The van der Waals surface area contributed by atoms with Crippen LogP contribution in [-0.2, 0) is 0 Å². The molecule has 1 aromatic rings. The molecule has 3 heteroatoms. The largest absolute Gasteiger partial charge is 0.497 e. The van der Waals surface area contributed by atoms with Gasteiger partial charge in [-0.25, -0.2) is 0 Å². The van der Waals surface area contributed by atoms with E-state index in [-0.39, 0.29) is 5.54 Å². The van der Waals surface area contributed by atoms with E-state index in [1.807, 2.05) is 18.2 Å². The van der Waals surface area contributed by atoms with E-state index in [4.69, 9.17) is 10.5 Å². The van der Waals surface area contributed by atoms with Crippen molar-refractivity contribution in [1.29, 1.82) is 0 Å². The third-order valence-corrected chi connectivity index (χ3v) is 3.43. The smallest absolute Gasteiger partial charge is 0.120 e. The van der Waals surface area contributed by atoms with Gasteiger partial charge in [0, 0.05) is 23.8 Å². The highest BCUT2D eigenvalue weighted by molar-refractivity contribution is 5.50. The molecule has 1 aliphatic rings. The van der Waals surface area contributed by atoms with E-state index in [0.717, 1.165) is 11.4 Å². The number of ether oxygens (including phenoxy) is 1. The lowest BCUT2D eigenvalue weighted by molar-refractivity contribution is 0.414. The van der Waals surface area contributed by atoms with E-state index in [9.17, 15) is 0 Å². The minimum absolute atomic E-state index is 0.104. The lowest BCUT2D eigenvalue weighted by atomic mass is 9.97. The molecule has 16 heavy (non-hydrogen) atoms. The molecule has 0 aliphatic heterocycles. The molecular formula is C13H20N2O. The van der Waals surface area contributed by atoms with Crippen molar-refractivity contribution in [3.05, 3.63) is 24.3 Å². The molecule has 0 radical (unpaired) electrons. The van der Waals surface area contributed by atoms with Crippen molar-refractivity contribution >= 4 is 5.69 Å². The van der Waals surface area contributed by atoms with Gasteiger partial charge >= 0.3 is 0 Å². The monoisotopic (exact) mass is 220 g/mol. The van der Waals surface area contributed by atoms with Gasteiger partial charge in [0.1, 0.15) is 5.75 Å². The van der Waals surface area contributed by atoms with Crippen LogP contribution in [0.5, 0.6) is 5.75 Å². The maximum atomic E-state index is 5.89. The SMILES string of the molecule is COc1cccc(NC2(CN)CCCC2)c1. The lowest BCUT2D eigenvalue weighted by Gasteiger charge is -2.30. The normalized spacial score (nSPS) is 18.4. The van der Waals surface area contributed by atoms with Gasteiger partial charge in [-0.1, -0.05) is 18.9 Å². The first-order valence-corrected chi connectivity index (χ1v) is 5.90. The van der Waals surface area contributed by atoms with E-state index in [2.05, 4.69) is 11.4 Å². The van der Waals surface area contributed by atoms with Gasteiger partial charge < -0.3 is 15.8 Å². The lowest BCUT2D eigenvalue weighted by Crippen LogP contribution is -2.42. The van der Waals surface area contributed by atoms with Gasteiger partial charge in [-0.15, -0.1) is 0 Å². The average molecular weight is 220 g/mol. The summed E-state index contributed by atoms with van der Waals surface area (Å²) < 4.78 is 5.21. The molecule has 0 amide bonds. The molecule has 1 aliphatic carbocycles. The molecule has 1 fully saturated rings. The number of nitrogens with two attached hydrogens (primary N) is 1. The number of nitrogens with one attached hydrogen (secondary N) is 1. The minimum atomic E-state index is 0.104. The summed E-state index contributed by atoms with van der Waals surface area (Å²) >= 11 is 0. The van der Waals surface area contributed by atoms with Crippen LogP contribution in [0.3, 0.4) is 0 Å². The summed E-state index contributed by atoms with van der Waals surface area (Å²) in [6, 6.07) is 8.04. The zero-order chi connectivity index (χ0) is 11.4. The molecular weight excluding hydrogens is 200 g/mol. The molecule has 1 aromatic carbocycles. The van der Waals surface area contributed by atoms with Crippen LogP contribution >= 0.6 is 0 Å². The summed E-state index contributed by atoms with van der Waals surface area (Å²) in [7, 11) is 1.69. The Morgan fingerprint density at radius 2 is 2.12 bits per heavy atom. The Kier molecular flexibility index (Phi) is 3.34. The molecule has 1 saturated carbocycles. The molecule has 0 atom stereocenters. The Labute approximate surface area is 97.0 Å². The molecule has 2 rings (SSSR count). The maximum Gasteiger partial charge on any atom is 0.120 e. The highest BCUT2D eigenvalue weighted by Crippen LogP contribution is 2.32. The van der Waals surface area contributed by atoms with E-state index in [1.54, 1.807) is 7.11 Å². The number of hydrogen-bond acceptors (Lipinski definition) is 3. The summed E-state index contributed by atoms with van der Waals surface area (Å²) in [6.07, 6.45) is 4.88. The molecule has 3 N–H and O–H groups in total. The maximum absolute atomic E-state index is 5.89. The molecule has 0 heterocycles.